The first kappa shape index (κ1) is 20.7. The predicted octanol–water partition coefficient (Wildman–Crippen LogP) is 3.31. The van der Waals surface area contributed by atoms with Gasteiger partial charge in [-0.15, -0.1) is 0 Å². The zero-order valence-corrected chi connectivity index (χ0v) is 18.2. The van der Waals surface area contributed by atoms with E-state index < -0.39 is 0 Å². The van der Waals surface area contributed by atoms with Crippen molar-refractivity contribution < 1.29 is 9.59 Å². The molecule has 2 N–H and O–H groups in total. The maximum Gasteiger partial charge on any atom is 0.270 e. The first-order valence-corrected chi connectivity index (χ1v) is 11.2. The fourth-order valence-corrected chi connectivity index (χ4v) is 4.67. The molecule has 0 unspecified atom stereocenters. The van der Waals surface area contributed by atoms with Gasteiger partial charge in [-0.25, -0.2) is 9.97 Å². The van der Waals surface area contributed by atoms with Crippen molar-refractivity contribution in [3.05, 3.63) is 88.6 Å². The molecule has 2 aromatic heterocycles. The molecular formula is C24H18N6O2S. The number of hydrogen-bond acceptors (Lipinski definition) is 7. The summed E-state index contributed by atoms with van der Waals surface area (Å²) in [5.41, 5.74) is 3.89. The van der Waals surface area contributed by atoms with E-state index in [0.29, 0.717) is 12.1 Å². The summed E-state index contributed by atoms with van der Waals surface area (Å²) in [6.45, 7) is 0.335. The van der Waals surface area contributed by atoms with Gasteiger partial charge in [0.15, 0.2) is 0 Å². The maximum atomic E-state index is 12.8. The van der Waals surface area contributed by atoms with Crippen LogP contribution in [-0.4, -0.2) is 26.2 Å². The van der Waals surface area contributed by atoms with Gasteiger partial charge in [0.1, 0.15) is 17.7 Å². The molecule has 2 heterocycles. The lowest BCUT2D eigenvalue weighted by atomic mass is 10.1. The van der Waals surface area contributed by atoms with Crippen LogP contribution in [0.4, 0.5) is 0 Å². The molecule has 0 radical (unpaired) electrons. The standard InChI is InChI=1S/C24H18N6O2S/c25-10-14-2-5-18-16(7-14)4-6-19(18)30-24(32)21-9-20(27-13-28-21)23(31)26-11-15-1-3-17-12-29-33-22(17)8-15/h1-3,5,7-9,12-13,19H,4,6,11H2,(H,26,31)(H,30,32)/t19-/m0/s1. The van der Waals surface area contributed by atoms with Crippen molar-refractivity contribution in [2.24, 2.45) is 0 Å². The van der Waals surface area contributed by atoms with E-state index in [2.05, 4.69) is 31.0 Å². The molecule has 1 atom stereocenters. The molecule has 2 amide bonds. The van der Waals surface area contributed by atoms with Gasteiger partial charge in [-0.1, -0.05) is 18.2 Å². The summed E-state index contributed by atoms with van der Waals surface area (Å²) in [5, 5.41) is 15.9. The number of nitrogens with zero attached hydrogens (tertiary/aromatic N) is 4. The van der Waals surface area contributed by atoms with Crippen molar-refractivity contribution in [3.63, 3.8) is 0 Å². The number of nitrogens with one attached hydrogen (secondary N) is 2. The van der Waals surface area contributed by atoms with Crippen LogP contribution in [0.5, 0.6) is 0 Å². The molecule has 0 bridgehead atoms. The first-order valence-electron chi connectivity index (χ1n) is 10.4. The summed E-state index contributed by atoms with van der Waals surface area (Å²) in [4.78, 5) is 33.5. The smallest absolute Gasteiger partial charge is 0.270 e. The van der Waals surface area contributed by atoms with Crippen molar-refractivity contribution in [1.82, 2.24) is 25.0 Å². The lowest BCUT2D eigenvalue weighted by Crippen LogP contribution is -2.29. The summed E-state index contributed by atoms with van der Waals surface area (Å²) in [7, 11) is 0. The molecule has 0 saturated heterocycles. The van der Waals surface area contributed by atoms with Crippen LogP contribution in [0.15, 0.2) is 55.0 Å². The minimum atomic E-state index is -0.383. The molecule has 0 aliphatic heterocycles. The van der Waals surface area contributed by atoms with Crippen molar-refractivity contribution in [1.29, 1.82) is 5.26 Å². The number of amides is 2. The number of carbonyl (C=O) groups excluding carboxylic acids is 2. The largest absolute Gasteiger partial charge is 0.347 e. The molecule has 0 fully saturated rings. The highest BCUT2D eigenvalue weighted by Gasteiger charge is 2.25. The van der Waals surface area contributed by atoms with Crippen LogP contribution in [0.1, 0.15) is 55.7 Å². The Morgan fingerprint density at radius 2 is 1.94 bits per heavy atom. The highest BCUT2D eigenvalue weighted by Crippen LogP contribution is 2.31. The van der Waals surface area contributed by atoms with Crippen LogP contribution in [0.2, 0.25) is 0 Å². The zero-order chi connectivity index (χ0) is 22.8. The van der Waals surface area contributed by atoms with Crippen LogP contribution >= 0.6 is 11.5 Å². The van der Waals surface area contributed by atoms with Crippen molar-refractivity contribution in [3.8, 4) is 6.07 Å². The number of hydrogen-bond donors (Lipinski definition) is 2. The third-order valence-corrected chi connectivity index (χ3v) is 6.42. The highest BCUT2D eigenvalue weighted by atomic mass is 32.1. The van der Waals surface area contributed by atoms with Gasteiger partial charge in [-0.05, 0) is 59.3 Å². The number of benzene rings is 2. The molecule has 1 aliphatic rings. The van der Waals surface area contributed by atoms with Crippen molar-refractivity contribution in [2.45, 2.75) is 25.4 Å². The van der Waals surface area contributed by atoms with E-state index in [0.717, 1.165) is 39.6 Å². The zero-order valence-electron chi connectivity index (χ0n) is 17.4. The number of aryl methyl sites for hydroxylation is 1. The Morgan fingerprint density at radius 3 is 2.79 bits per heavy atom. The second kappa shape index (κ2) is 8.76. The van der Waals surface area contributed by atoms with Crippen molar-refractivity contribution >= 4 is 33.4 Å². The number of fused-ring (bicyclic) bond motifs is 2. The third kappa shape index (κ3) is 4.29. The maximum absolute atomic E-state index is 12.8. The second-order valence-corrected chi connectivity index (χ2v) is 8.59. The SMILES string of the molecule is N#Cc1ccc2c(c1)CC[C@@H]2NC(=O)c1cc(C(=O)NCc2ccc3cnsc3c2)ncn1. The van der Waals surface area contributed by atoms with Crippen LogP contribution in [0.25, 0.3) is 10.1 Å². The topological polar surface area (TPSA) is 121 Å². The normalized spacial score (nSPS) is 14.5. The molecule has 9 heteroatoms. The van der Waals surface area contributed by atoms with Crippen LogP contribution in [0.3, 0.4) is 0 Å². The van der Waals surface area contributed by atoms with Crippen LogP contribution in [-0.2, 0) is 13.0 Å². The van der Waals surface area contributed by atoms with E-state index in [1.165, 1.54) is 23.9 Å². The number of aromatic nitrogens is 3. The number of nitriles is 1. The Hall–Kier alpha value is -4.16. The molecule has 162 valence electrons. The Morgan fingerprint density at radius 1 is 1.09 bits per heavy atom. The highest BCUT2D eigenvalue weighted by molar-refractivity contribution is 7.13. The summed E-state index contributed by atoms with van der Waals surface area (Å²) >= 11 is 1.41. The minimum Gasteiger partial charge on any atom is -0.347 e. The fourth-order valence-electron chi connectivity index (χ4n) is 3.96. The van der Waals surface area contributed by atoms with Crippen molar-refractivity contribution in [2.75, 3.05) is 0 Å². The van der Waals surface area contributed by atoms with Gasteiger partial charge < -0.3 is 10.6 Å². The van der Waals surface area contributed by atoms with E-state index in [1.807, 2.05) is 36.5 Å². The van der Waals surface area contributed by atoms with Crippen LogP contribution < -0.4 is 10.6 Å². The molecule has 0 saturated carbocycles. The molecule has 0 spiro atoms. The van der Waals surface area contributed by atoms with E-state index in [-0.39, 0.29) is 29.2 Å². The lowest BCUT2D eigenvalue weighted by molar-refractivity contribution is 0.0931. The quantitative estimate of drug-likeness (QED) is 0.477. The Kier molecular flexibility index (Phi) is 5.50. The second-order valence-electron chi connectivity index (χ2n) is 7.76. The van der Waals surface area contributed by atoms with Gasteiger partial charge in [0.2, 0.25) is 0 Å². The molecule has 5 rings (SSSR count). The molecule has 8 nitrogen and oxygen atoms in total. The Labute approximate surface area is 193 Å². The monoisotopic (exact) mass is 454 g/mol. The summed E-state index contributed by atoms with van der Waals surface area (Å²) < 4.78 is 5.21. The molecular weight excluding hydrogens is 436 g/mol. The Balaban J connectivity index is 1.24. The average molecular weight is 455 g/mol. The van der Waals surface area contributed by atoms with E-state index in [1.54, 1.807) is 6.07 Å². The summed E-state index contributed by atoms with van der Waals surface area (Å²) in [5.74, 6) is -0.754. The third-order valence-electron chi connectivity index (χ3n) is 5.66. The van der Waals surface area contributed by atoms with E-state index in [9.17, 15) is 9.59 Å². The van der Waals surface area contributed by atoms with E-state index in [4.69, 9.17) is 5.26 Å². The Bertz CT molecular complexity index is 1420. The number of carbonyl (C=O) groups is 2. The molecule has 33 heavy (non-hydrogen) atoms. The van der Waals surface area contributed by atoms with Gasteiger partial charge in [-0.2, -0.15) is 9.64 Å². The molecule has 2 aromatic carbocycles. The lowest BCUT2D eigenvalue weighted by Gasteiger charge is -2.14. The van der Waals surface area contributed by atoms with Gasteiger partial charge in [0.05, 0.1) is 22.4 Å². The predicted molar refractivity (Wildman–Crippen MR) is 123 cm³/mol. The fraction of sp³-hybridized carbons (Fsp3) is 0.167. The molecule has 4 aromatic rings. The van der Waals surface area contributed by atoms with Gasteiger partial charge in [0.25, 0.3) is 11.8 Å². The first-order chi connectivity index (χ1) is 16.1. The van der Waals surface area contributed by atoms with E-state index >= 15 is 0 Å². The summed E-state index contributed by atoms with van der Waals surface area (Å²) in [6, 6.07) is 14.8. The van der Waals surface area contributed by atoms with Crippen LogP contribution in [0, 0.1) is 11.3 Å². The van der Waals surface area contributed by atoms with Gasteiger partial charge in [-0.3, -0.25) is 9.59 Å². The van der Waals surface area contributed by atoms with Gasteiger partial charge in [0, 0.05) is 24.2 Å². The minimum absolute atomic E-state index is 0.125. The van der Waals surface area contributed by atoms with Gasteiger partial charge >= 0.3 is 0 Å². The summed E-state index contributed by atoms with van der Waals surface area (Å²) in [6.07, 6.45) is 4.57. The molecule has 1 aliphatic carbocycles. The average Bonchev–Trinajstić information content (AvgIpc) is 3.48. The number of rotatable bonds is 5.